The average Bonchev–Trinajstić information content (AvgIpc) is 2.79. The fraction of sp³-hybridized carbons (Fsp3) is 0.200. The summed E-state index contributed by atoms with van der Waals surface area (Å²) < 4.78 is 31.4. The molecule has 0 aliphatic rings. The van der Waals surface area contributed by atoms with Gasteiger partial charge in [0.15, 0.2) is 6.33 Å². The number of benzene rings is 1. The molecular weight excluding hydrogens is 327 g/mol. The van der Waals surface area contributed by atoms with Crippen LogP contribution in [0.4, 0.5) is 5.69 Å². The summed E-state index contributed by atoms with van der Waals surface area (Å²) in [6.07, 6.45) is 1.49. The van der Waals surface area contributed by atoms with E-state index in [0.717, 1.165) is 0 Å². The van der Waals surface area contributed by atoms with Gasteiger partial charge in [-0.15, -0.1) is 0 Å². The molecule has 0 bridgehead atoms. The molecule has 0 unspecified atom stereocenters. The van der Waals surface area contributed by atoms with E-state index in [9.17, 15) is 8.42 Å². The molecule has 3 N–H and O–H groups in total. The third-order valence-electron chi connectivity index (χ3n) is 2.33. The first-order valence-corrected chi connectivity index (χ1v) is 7.64. The normalized spacial score (nSPS) is 11.7. The summed E-state index contributed by atoms with van der Waals surface area (Å²) in [6, 6.07) is 2.64. The monoisotopic (exact) mass is 336 g/mol. The second kappa shape index (κ2) is 5.96. The van der Waals surface area contributed by atoms with E-state index in [4.69, 9.17) is 33.5 Å². The highest BCUT2D eigenvalue weighted by atomic mass is 35.5. The van der Waals surface area contributed by atoms with Gasteiger partial charge in [-0.3, -0.25) is 0 Å². The summed E-state index contributed by atoms with van der Waals surface area (Å²) in [7, 11) is -3.85. The van der Waals surface area contributed by atoms with Crippen LogP contribution in [0.2, 0.25) is 10.0 Å². The van der Waals surface area contributed by atoms with Crippen LogP contribution in [0.25, 0.3) is 0 Å². The molecule has 0 saturated heterocycles. The van der Waals surface area contributed by atoms with Crippen molar-refractivity contribution in [2.75, 3.05) is 12.3 Å². The summed E-state index contributed by atoms with van der Waals surface area (Å²) in [4.78, 5) is 3.57. The Morgan fingerprint density at radius 2 is 1.95 bits per heavy atom. The van der Waals surface area contributed by atoms with Crippen LogP contribution in [0.5, 0.6) is 0 Å². The molecule has 20 heavy (non-hydrogen) atoms. The van der Waals surface area contributed by atoms with E-state index < -0.39 is 10.0 Å². The lowest BCUT2D eigenvalue weighted by Gasteiger charge is -2.10. The third kappa shape index (κ3) is 3.40. The molecule has 0 aliphatic carbocycles. The van der Waals surface area contributed by atoms with Crippen molar-refractivity contribution < 1.29 is 12.9 Å². The SMILES string of the molecule is Nc1cc(Cl)c(S(=O)(=O)NCCc2ncno2)c(Cl)c1. The van der Waals surface area contributed by atoms with Crippen LogP contribution in [-0.2, 0) is 16.4 Å². The highest BCUT2D eigenvalue weighted by Gasteiger charge is 2.22. The van der Waals surface area contributed by atoms with Crippen molar-refractivity contribution >= 4 is 38.9 Å². The molecule has 0 fully saturated rings. The van der Waals surface area contributed by atoms with Gasteiger partial charge in [-0.1, -0.05) is 28.4 Å². The van der Waals surface area contributed by atoms with Gasteiger partial charge in [0.05, 0.1) is 10.0 Å². The first-order chi connectivity index (χ1) is 9.40. The zero-order chi connectivity index (χ0) is 14.8. The number of nitrogens with zero attached hydrogens (tertiary/aromatic N) is 2. The molecule has 0 radical (unpaired) electrons. The number of nitrogen functional groups attached to an aromatic ring is 1. The number of rotatable bonds is 5. The predicted molar refractivity (Wildman–Crippen MR) is 74.1 cm³/mol. The summed E-state index contributed by atoms with van der Waals surface area (Å²) in [6.45, 7) is 0.0710. The molecule has 0 atom stereocenters. The highest BCUT2D eigenvalue weighted by molar-refractivity contribution is 7.89. The first kappa shape index (κ1) is 15.0. The van der Waals surface area contributed by atoms with E-state index in [0.29, 0.717) is 5.89 Å². The zero-order valence-corrected chi connectivity index (χ0v) is 12.3. The Balaban J connectivity index is 2.14. The van der Waals surface area contributed by atoms with Crippen LogP contribution < -0.4 is 10.5 Å². The van der Waals surface area contributed by atoms with E-state index in [1.54, 1.807) is 0 Å². The molecule has 0 aliphatic heterocycles. The Kier molecular flexibility index (Phi) is 4.48. The Bertz CT molecular complexity index is 680. The summed E-state index contributed by atoms with van der Waals surface area (Å²) in [5.74, 6) is 0.321. The maximum atomic E-state index is 12.1. The van der Waals surface area contributed by atoms with Gasteiger partial charge < -0.3 is 10.3 Å². The molecule has 1 heterocycles. The van der Waals surface area contributed by atoms with Gasteiger partial charge in [0.2, 0.25) is 15.9 Å². The van der Waals surface area contributed by atoms with E-state index in [1.165, 1.54) is 18.5 Å². The molecular formula is C10H10Cl2N4O3S. The van der Waals surface area contributed by atoms with Gasteiger partial charge >= 0.3 is 0 Å². The minimum atomic E-state index is -3.85. The van der Waals surface area contributed by atoms with Gasteiger partial charge in [-0.2, -0.15) is 4.98 Å². The number of sulfonamides is 1. The smallest absolute Gasteiger partial charge is 0.243 e. The Morgan fingerprint density at radius 3 is 2.50 bits per heavy atom. The van der Waals surface area contributed by atoms with Crippen molar-refractivity contribution in [3.05, 3.63) is 34.4 Å². The van der Waals surface area contributed by atoms with Crippen molar-refractivity contribution in [1.82, 2.24) is 14.9 Å². The standard InChI is InChI=1S/C10H10Cl2N4O3S/c11-7-3-6(13)4-8(12)10(7)20(17,18)16-2-1-9-14-5-15-19-9/h3-5,16H,1-2,13H2. The number of hydrogen-bond donors (Lipinski definition) is 2. The molecule has 10 heteroatoms. The van der Waals surface area contributed by atoms with Crippen molar-refractivity contribution in [3.8, 4) is 0 Å². The number of hydrogen-bond acceptors (Lipinski definition) is 6. The molecule has 0 saturated carbocycles. The largest absolute Gasteiger partial charge is 0.399 e. The van der Waals surface area contributed by atoms with Crippen LogP contribution in [0, 0.1) is 0 Å². The van der Waals surface area contributed by atoms with Crippen molar-refractivity contribution in [1.29, 1.82) is 0 Å². The topological polar surface area (TPSA) is 111 Å². The van der Waals surface area contributed by atoms with Crippen LogP contribution >= 0.6 is 23.2 Å². The van der Waals surface area contributed by atoms with Crippen LogP contribution in [-0.4, -0.2) is 25.1 Å². The highest BCUT2D eigenvalue weighted by Crippen LogP contribution is 2.31. The van der Waals surface area contributed by atoms with E-state index >= 15 is 0 Å². The van der Waals surface area contributed by atoms with Gasteiger partial charge in [0, 0.05) is 18.7 Å². The summed E-state index contributed by atoms with van der Waals surface area (Å²) >= 11 is 11.7. The number of halogens is 2. The molecule has 2 aromatic rings. The van der Waals surface area contributed by atoms with Gasteiger partial charge in [0.1, 0.15) is 4.90 Å². The molecule has 7 nitrogen and oxygen atoms in total. The van der Waals surface area contributed by atoms with E-state index in [-0.39, 0.29) is 33.6 Å². The van der Waals surface area contributed by atoms with Crippen molar-refractivity contribution in [2.45, 2.75) is 11.3 Å². The number of nitrogens with one attached hydrogen (secondary N) is 1. The lowest BCUT2D eigenvalue weighted by molar-refractivity contribution is 0.377. The summed E-state index contributed by atoms with van der Waals surface area (Å²) in [5, 5.41) is 3.33. The third-order valence-corrected chi connectivity index (χ3v) is 4.71. The molecule has 1 aromatic heterocycles. The van der Waals surface area contributed by atoms with Crippen LogP contribution in [0.1, 0.15) is 5.89 Å². The van der Waals surface area contributed by atoms with Crippen molar-refractivity contribution in [2.24, 2.45) is 0 Å². The Hall–Kier alpha value is -1.35. The van der Waals surface area contributed by atoms with Gasteiger partial charge in [-0.25, -0.2) is 13.1 Å². The maximum absolute atomic E-state index is 12.1. The minimum absolute atomic E-state index is 0.0414. The van der Waals surface area contributed by atoms with Gasteiger partial charge in [-0.05, 0) is 12.1 Å². The Labute approximate surface area is 125 Å². The van der Waals surface area contributed by atoms with Crippen LogP contribution in [0.15, 0.2) is 27.9 Å². The average molecular weight is 337 g/mol. The second-order valence-corrected chi connectivity index (χ2v) is 6.31. The zero-order valence-electron chi connectivity index (χ0n) is 10.0. The molecule has 0 amide bonds. The molecule has 1 aromatic carbocycles. The predicted octanol–water partition coefficient (Wildman–Crippen LogP) is 1.48. The quantitative estimate of drug-likeness (QED) is 0.800. The van der Waals surface area contributed by atoms with Crippen molar-refractivity contribution in [3.63, 3.8) is 0 Å². The Morgan fingerprint density at radius 1 is 1.30 bits per heavy atom. The number of nitrogens with two attached hydrogens (primary N) is 1. The van der Waals surface area contributed by atoms with Crippen LogP contribution in [0.3, 0.4) is 0 Å². The lowest BCUT2D eigenvalue weighted by atomic mass is 10.3. The fourth-order valence-electron chi connectivity index (χ4n) is 1.51. The lowest BCUT2D eigenvalue weighted by Crippen LogP contribution is -2.26. The fourth-order valence-corrected chi connectivity index (χ4v) is 3.77. The minimum Gasteiger partial charge on any atom is -0.399 e. The molecule has 2 rings (SSSR count). The van der Waals surface area contributed by atoms with E-state index in [1.807, 2.05) is 0 Å². The first-order valence-electron chi connectivity index (χ1n) is 5.40. The molecule has 0 spiro atoms. The second-order valence-electron chi connectivity index (χ2n) is 3.80. The maximum Gasteiger partial charge on any atom is 0.243 e. The molecule has 108 valence electrons. The number of anilines is 1. The summed E-state index contributed by atoms with van der Waals surface area (Å²) in [5.41, 5.74) is 5.81. The van der Waals surface area contributed by atoms with Gasteiger partial charge in [0.25, 0.3) is 0 Å². The van der Waals surface area contributed by atoms with E-state index in [2.05, 4.69) is 14.9 Å². The number of aromatic nitrogens is 2.